The van der Waals surface area contributed by atoms with Gasteiger partial charge < -0.3 is 9.84 Å². The Morgan fingerprint density at radius 1 is 1.31 bits per heavy atom. The molecule has 0 spiro atoms. The van der Waals surface area contributed by atoms with E-state index in [4.69, 9.17) is 4.74 Å². The molecule has 0 aliphatic rings. The fourth-order valence-electron chi connectivity index (χ4n) is 2.75. The topological polar surface area (TPSA) is 92.3 Å². The van der Waals surface area contributed by atoms with Gasteiger partial charge in [0.25, 0.3) is 5.56 Å². The molecule has 26 heavy (non-hydrogen) atoms. The summed E-state index contributed by atoms with van der Waals surface area (Å²) in [6, 6.07) is 9.11. The number of rotatable bonds is 6. The maximum atomic E-state index is 12.7. The van der Waals surface area contributed by atoms with Crippen LogP contribution in [0.4, 0.5) is 0 Å². The van der Waals surface area contributed by atoms with E-state index in [1.54, 1.807) is 12.1 Å². The van der Waals surface area contributed by atoms with Crippen LogP contribution in [-0.4, -0.2) is 22.1 Å². The van der Waals surface area contributed by atoms with E-state index in [-0.39, 0.29) is 35.8 Å². The highest BCUT2D eigenvalue weighted by Crippen LogP contribution is 2.24. The number of carbonyl (C=O) groups is 1. The molecule has 1 aromatic heterocycles. The van der Waals surface area contributed by atoms with Gasteiger partial charge in [-0.25, -0.2) is 0 Å². The molecule has 0 saturated heterocycles. The summed E-state index contributed by atoms with van der Waals surface area (Å²) >= 11 is 0. The van der Waals surface area contributed by atoms with Crippen molar-refractivity contribution in [2.45, 2.75) is 34.2 Å². The number of hydrogen-bond donors (Lipinski definition) is 1. The molecule has 6 heteroatoms. The number of pyridine rings is 1. The maximum absolute atomic E-state index is 12.7. The van der Waals surface area contributed by atoms with Gasteiger partial charge in [0, 0.05) is 6.54 Å². The highest BCUT2D eigenvalue weighted by Gasteiger charge is 2.24. The van der Waals surface area contributed by atoms with Gasteiger partial charge >= 0.3 is 0 Å². The molecule has 0 fully saturated rings. The lowest BCUT2D eigenvalue weighted by molar-refractivity contribution is 0.0915. The Balaban J connectivity index is 2.44. The molecule has 0 bridgehead atoms. The van der Waals surface area contributed by atoms with Crippen molar-refractivity contribution < 1.29 is 14.6 Å². The normalized spacial score (nSPS) is 10.6. The van der Waals surface area contributed by atoms with Crippen molar-refractivity contribution in [2.75, 3.05) is 6.61 Å². The van der Waals surface area contributed by atoms with Crippen LogP contribution < -0.4 is 10.3 Å². The molecule has 0 aliphatic heterocycles. The summed E-state index contributed by atoms with van der Waals surface area (Å²) in [7, 11) is 0. The minimum atomic E-state index is -0.590. The largest absolute Gasteiger partial charge is 0.494 e. The molecule has 0 radical (unpaired) electrons. The number of ketones is 1. The first-order chi connectivity index (χ1) is 12.3. The van der Waals surface area contributed by atoms with Crippen molar-refractivity contribution in [3.63, 3.8) is 0 Å². The van der Waals surface area contributed by atoms with Crippen LogP contribution >= 0.6 is 0 Å². The Labute approximate surface area is 152 Å². The smallest absolute Gasteiger partial charge is 0.271 e. The van der Waals surface area contributed by atoms with Crippen LogP contribution in [0.25, 0.3) is 0 Å². The van der Waals surface area contributed by atoms with E-state index in [1.807, 2.05) is 39.0 Å². The van der Waals surface area contributed by atoms with Gasteiger partial charge in [-0.05, 0) is 37.0 Å². The van der Waals surface area contributed by atoms with E-state index >= 15 is 0 Å². The Kier molecular flexibility index (Phi) is 5.83. The van der Waals surface area contributed by atoms with Crippen molar-refractivity contribution in [1.29, 1.82) is 5.26 Å². The molecule has 0 atom stereocenters. The number of benzene rings is 1. The highest BCUT2D eigenvalue weighted by molar-refractivity contribution is 6.01. The molecule has 2 rings (SSSR count). The highest BCUT2D eigenvalue weighted by atomic mass is 16.5. The third-order valence-corrected chi connectivity index (χ3v) is 4.08. The number of aryl methyl sites for hydroxylation is 1. The van der Waals surface area contributed by atoms with E-state index in [1.165, 1.54) is 6.92 Å². The van der Waals surface area contributed by atoms with E-state index in [0.717, 1.165) is 10.1 Å². The van der Waals surface area contributed by atoms with Gasteiger partial charge in [0.1, 0.15) is 17.4 Å². The molecule has 1 heterocycles. The molecule has 0 amide bonds. The third-order valence-electron chi connectivity index (χ3n) is 4.08. The van der Waals surface area contributed by atoms with Crippen LogP contribution in [0.5, 0.6) is 11.6 Å². The summed E-state index contributed by atoms with van der Waals surface area (Å²) in [5, 5.41) is 19.8. The fraction of sp³-hybridized carbons (Fsp3) is 0.350. The van der Waals surface area contributed by atoms with Crippen LogP contribution in [0.2, 0.25) is 0 Å². The van der Waals surface area contributed by atoms with Crippen molar-refractivity contribution >= 4 is 5.78 Å². The summed E-state index contributed by atoms with van der Waals surface area (Å²) in [5.74, 6) is -0.288. The molecule has 0 unspecified atom stereocenters. The van der Waals surface area contributed by atoms with Crippen LogP contribution in [0.3, 0.4) is 0 Å². The quantitative estimate of drug-likeness (QED) is 0.805. The number of hydrogen-bond acceptors (Lipinski definition) is 5. The fourth-order valence-corrected chi connectivity index (χ4v) is 2.75. The molecule has 0 aliphatic carbocycles. The van der Waals surface area contributed by atoms with Gasteiger partial charge in [-0.2, -0.15) is 5.26 Å². The molecule has 6 nitrogen and oxygen atoms in total. The summed E-state index contributed by atoms with van der Waals surface area (Å²) in [6.07, 6.45) is 0. The third kappa shape index (κ3) is 3.77. The Hall–Kier alpha value is -3.07. The zero-order valence-corrected chi connectivity index (χ0v) is 15.4. The van der Waals surface area contributed by atoms with E-state index in [0.29, 0.717) is 5.75 Å². The number of nitriles is 1. The first kappa shape index (κ1) is 19.3. The van der Waals surface area contributed by atoms with E-state index in [2.05, 4.69) is 0 Å². The van der Waals surface area contributed by atoms with Crippen LogP contribution in [0.15, 0.2) is 29.1 Å². The predicted octanol–water partition coefficient (Wildman–Crippen LogP) is 2.96. The predicted molar refractivity (Wildman–Crippen MR) is 97.7 cm³/mol. The number of para-hydroxylation sites is 1. The van der Waals surface area contributed by atoms with Crippen molar-refractivity contribution in [3.8, 4) is 17.7 Å². The van der Waals surface area contributed by atoms with Crippen molar-refractivity contribution in [1.82, 2.24) is 4.57 Å². The summed E-state index contributed by atoms with van der Waals surface area (Å²) in [6.45, 7) is 7.00. The van der Waals surface area contributed by atoms with Crippen LogP contribution in [-0.2, 0) is 6.54 Å². The number of aromatic nitrogens is 1. The van der Waals surface area contributed by atoms with Gasteiger partial charge in [-0.3, -0.25) is 14.2 Å². The molecular weight excluding hydrogens is 332 g/mol. The molecule has 0 saturated carbocycles. The monoisotopic (exact) mass is 354 g/mol. The minimum absolute atomic E-state index is 0.0459. The standard InChI is InChI=1S/C20H22N2O4/c1-12(2)10-22-19(24)15(9-21)14(4)18(20(22)25)16(23)11-26-17-8-6-5-7-13(17)3/h5-8,12,25H,10-11H2,1-4H3. The number of carbonyl (C=O) groups excluding carboxylic acids is 1. The molecule has 1 N–H and O–H groups in total. The lowest BCUT2D eigenvalue weighted by Crippen LogP contribution is -2.29. The maximum Gasteiger partial charge on any atom is 0.271 e. The lowest BCUT2D eigenvalue weighted by Gasteiger charge is -2.17. The summed E-state index contributed by atoms with van der Waals surface area (Å²) < 4.78 is 6.64. The summed E-state index contributed by atoms with van der Waals surface area (Å²) in [5.41, 5.74) is 0.280. The van der Waals surface area contributed by atoms with Crippen molar-refractivity contribution in [3.05, 3.63) is 56.9 Å². The summed E-state index contributed by atoms with van der Waals surface area (Å²) in [4.78, 5) is 25.1. The Morgan fingerprint density at radius 2 is 1.96 bits per heavy atom. The second-order valence-electron chi connectivity index (χ2n) is 6.60. The molecule has 1 aromatic carbocycles. The van der Waals surface area contributed by atoms with Gasteiger partial charge in [-0.15, -0.1) is 0 Å². The van der Waals surface area contributed by atoms with Gasteiger partial charge in [0.15, 0.2) is 6.61 Å². The first-order valence-corrected chi connectivity index (χ1v) is 8.36. The Bertz CT molecular complexity index is 936. The SMILES string of the molecule is Cc1ccccc1OCC(=O)c1c(C)c(C#N)c(=O)n(CC(C)C)c1O. The van der Waals surface area contributed by atoms with Crippen molar-refractivity contribution in [2.24, 2.45) is 5.92 Å². The average molecular weight is 354 g/mol. The van der Waals surface area contributed by atoms with Gasteiger partial charge in [0.05, 0.1) is 5.56 Å². The zero-order chi connectivity index (χ0) is 19.4. The number of nitrogens with zero attached hydrogens (tertiary/aromatic N) is 2. The lowest BCUT2D eigenvalue weighted by atomic mass is 10.0. The van der Waals surface area contributed by atoms with E-state index in [9.17, 15) is 20.0 Å². The molecular formula is C20H22N2O4. The van der Waals surface area contributed by atoms with Gasteiger partial charge in [0.2, 0.25) is 11.7 Å². The number of Topliss-reactive ketones (excluding diaryl/α,β-unsaturated/α-hetero) is 1. The second-order valence-corrected chi connectivity index (χ2v) is 6.60. The van der Waals surface area contributed by atoms with Crippen LogP contribution in [0.1, 0.15) is 40.9 Å². The number of aromatic hydroxyl groups is 1. The molecule has 2 aromatic rings. The zero-order valence-electron chi connectivity index (χ0n) is 15.4. The Morgan fingerprint density at radius 3 is 2.54 bits per heavy atom. The van der Waals surface area contributed by atoms with E-state index < -0.39 is 17.2 Å². The van der Waals surface area contributed by atoms with Gasteiger partial charge in [-0.1, -0.05) is 32.0 Å². The minimum Gasteiger partial charge on any atom is -0.494 e. The first-order valence-electron chi connectivity index (χ1n) is 8.36. The number of ether oxygens (including phenoxy) is 1. The molecule has 136 valence electrons. The average Bonchev–Trinajstić information content (AvgIpc) is 2.58. The van der Waals surface area contributed by atoms with Crippen LogP contribution in [0, 0.1) is 31.1 Å². The second kappa shape index (κ2) is 7.87.